The fourth-order valence-corrected chi connectivity index (χ4v) is 5.23. The van der Waals surface area contributed by atoms with E-state index in [1.54, 1.807) is 18.2 Å². The van der Waals surface area contributed by atoms with Crippen molar-refractivity contribution in [1.29, 1.82) is 0 Å². The van der Waals surface area contributed by atoms with E-state index in [0.29, 0.717) is 11.0 Å². The van der Waals surface area contributed by atoms with Crippen LogP contribution in [0.5, 0.6) is 0 Å². The molecule has 1 fully saturated rings. The molecule has 0 bridgehead atoms. The van der Waals surface area contributed by atoms with Gasteiger partial charge in [0.05, 0.1) is 4.90 Å². The first-order valence-electron chi connectivity index (χ1n) is 6.39. The lowest BCUT2D eigenvalue weighted by Gasteiger charge is -2.28. The zero-order chi connectivity index (χ0) is 14.1. The first kappa shape index (κ1) is 17.9. The first-order chi connectivity index (χ1) is 8.88. The van der Waals surface area contributed by atoms with Crippen LogP contribution in [0.15, 0.2) is 27.6 Å². The molecule has 7 heteroatoms. The van der Waals surface area contributed by atoms with Crippen molar-refractivity contribution in [2.45, 2.75) is 43.0 Å². The molecule has 0 radical (unpaired) electrons. The maximum atomic E-state index is 12.5. The van der Waals surface area contributed by atoms with Gasteiger partial charge in [-0.25, -0.2) is 13.1 Å². The van der Waals surface area contributed by atoms with E-state index in [1.807, 2.05) is 6.92 Å². The summed E-state index contributed by atoms with van der Waals surface area (Å²) in [5.41, 5.74) is 6.32. The Morgan fingerprint density at radius 1 is 1.35 bits per heavy atom. The fourth-order valence-electron chi connectivity index (χ4n) is 2.56. The van der Waals surface area contributed by atoms with E-state index in [0.717, 1.165) is 31.2 Å². The summed E-state index contributed by atoms with van der Waals surface area (Å²) >= 11 is 3.32. The van der Waals surface area contributed by atoms with Crippen LogP contribution in [0.3, 0.4) is 0 Å². The maximum Gasteiger partial charge on any atom is 0.242 e. The third-order valence-corrected chi connectivity index (χ3v) is 6.23. The second-order valence-electron chi connectivity index (χ2n) is 5.23. The third-order valence-electron chi connectivity index (χ3n) is 3.68. The lowest BCUT2D eigenvalue weighted by atomic mass is 10.0. The highest BCUT2D eigenvalue weighted by Gasteiger charge is 2.37. The molecule has 0 aromatic heterocycles. The molecule has 0 atom stereocenters. The van der Waals surface area contributed by atoms with E-state index >= 15 is 0 Å². The van der Waals surface area contributed by atoms with Gasteiger partial charge in [-0.15, -0.1) is 12.4 Å². The molecule has 2 rings (SSSR count). The molecule has 0 unspecified atom stereocenters. The van der Waals surface area contributed by atoms with Crippen LogP contribution in [-0.4, -0.2) is 20.5 Å². The van der Waals surface area contributed by atoms with Crippen LogP contribution >= 0.6 is 28.3 Å². The zero-order valence-electron chi connectivity index (χ0n) is 11.4. The fraction of sp³-hybridized carbons (Fsp3) is 0.538. The number of nitrogens with one attached hydrogen (secondary N) is 1. The molecule has 1 saturated carbocycles. The van der Waals surface area contributed by atoms with Gasteiger partial charge in [0.25, 0.3) is 0 Å². The second-order valence-corrected chi connectivity index (χ2v) is 7.74. The Morgan fingerprint density at radius 3 is 2.45 bits per heavy atom. The minimum Gasteiger partial charge on any atom is -0.329 e. The van der Waals surface area contributed by atoms with Crippen molar-refractivity contribution in [3.05, 3.63) is 28.2 Å². The third kappa shape index (κ3) is 3.74. The molecule has 1 aliphatic carbocycles. The average molecular weight is 384 g/mol. The minimum atomic E-state index is -3.54. The second kappa shape index (κ2) is 6.75. The lowest BCUT2D eigenvalue weighted by Crippen LogP contribution is -2.51. The Kier molecular flexibility index (Phi) is 6.04. The van der Waals surface area contributed by atoms with Crippen molar-refractivity contribution in [2.75, 3.05) is 6.54 Å². The van der Waals surface area contributed by atoms with Crippen LogP contribution in [-0.2, 0) is 10.0 Å². The summed E-state index contributed by atoms with van der Waals surface area (Å²) in [6.07, 6.45) is 3.67. The Hall–Kier alpha value is -0.140. The number of rotatable bonds is 4. The predicted molar refractivity (Wildman–Crippen MR) is 86.7 cm³/mol. The molecule has 20 heavy (non-hydrogen) atoms. The van der Waals surface area contributed by atoms with Crippen LogP contribution in [0, 0.1) is 6.92 Å². The largest absolute Gasteiger partial charge is 0.329 e. The Bertz CT molecular complexity index is 572. The van der Waals surface area contributed by atoms with Gasteiger partial charge in [-0.3, -0.25) is 0 Å². The molecule has 0 amide bonds. The van der Waals surface area contributed by atoms with Gasteiger partial charge in [0.2, 0.25) is 10.0 Å². The standard InChI is InChI=1S/C13H19BrN2O2S.ClH/c1-10-4-5-12(11(14)8-10)19(17,18)16-13(9-15)6-2-3-7-13;/h4-5,8,16H,2-3,6-7,9,15H2,1H3;1H. The van der Waals surface area contributed by atoms with Gasteiger partial charge in [-0.1, -0.05) is 18.9 Å². The molecule has 1 aromatic rings. The zero-order valence-corrected chi connectivity index (χ0v) is 14.6. The van der Waals surface area contributed by atoms with Crippen LogP contribution in [0.25, 0.3) is 0 Å². The lowest BCUT2D eigenvalue weighted by molar-refractivity contribution is 0.399. The van der Waals surface area contributed by atoms with Crippen molar-refractivity contribution in [3.63, 3.8) is 0 Å². The molecule has 0 heterocycles. The molecule has 1 aromatic carbocycles. The molecular weight excluding hydrogens is 364 g/mol. The number of hydrogen-bond donors (Lipinski definition) is 2. The van der Waals surface area contributed by atoms with E-state index < -0.39 is 15.6 Å². The van der Waals surface area contributed by atoms with E-state index in [1.165, 1.54) is 0 Å². The normalized spacial score (nSPS) is 17.8. The van der Waals surface area contributed by atoms with Crippen molar-refractivity contribution in [1.82, 2.24) is 4.72 Å². The first-order valence-corrected chi connectivity index (χ1v) is 8.66. The summed E-state index contributed by atoms with van der Waals surface area (Å²) in [4.78, 5) is 0.276. The van der Waals surface area contributed by atoms with Crippen molar-refractivity contribution in [3.8, 4) is 0 Å². The van der Waals surface area contributed by atoms with Crippen LogP contribution in [0.2, 0.25) is 0 Å². The molecule has 0 saturated heterocycles. The molecule has 4 nitrogen and oxygen atoms in total. The van der Waals surface area contributed by atoms with Crippen molar-refractivity contribution in [2.24, 2.45) is 5.73 Å². The van der Waals surface area contributed by atoms with Gasteiger partial charge in [0, 0.05) is 16.6 Å². The van der Waals surface area contributed by atoms with E-state index in [-0.39, 0.29) is 17.3 Å². The average Bonchev–Trinajstić information content (AvgIpc) is 2.77. The predicted octanol–water partition coefficient (Wildman–Crippen LogP) is 2.73. The molecular formula is C13H20BrClN2O2S. The highest BCUT2D eigenvalue weighted by Crippen LogP contribution is 2.31. The highest BCUT2D eigenvalue weighted by molar-refractivity contribution is 9.10. The molecule has 0 spiro atoms. The highest BCUT2D eigenvalue weighted by atomic mass is 79.9. The monoisotopic (exact) mass is 382 g/mol. The van der Waals surface area contributed by atoms with E-state index in [9.17, 15) is 8.42 Å². The van der Waals surface area contributed by atoms with Gasteiger partial charge in [0.1, 0.15) is 0 Å². The molecule has 114 valence electrons. The summed E-state index contributed by atoms with van der Waals surface area (Å²) in [5, 5.41) is 0. The number of halogens is 2. The van der Waals surface area contributed by atoms with Gasteiger partial charge in [-0.2, -0.15) is 0 Å². The topological polar surface area (TPSA) is 72.2 Å². The summed E-state index contributed by atoms with van der Waals surface area (Å²) in [6.45, 7) is 2.27. The Balaban J connectivity index is 0.00000200. The summed E-state index contributed by atoms with van der Waals surface area (Å²) in [5.74, 6) is 0. The number of aryl methyl sites for hydroxylation is 1. The summed E-state index contributed by atoms with van der Waals surface area (Å²) in [6, 6.07) is 5.22. The number of sulfonamides is 1. The van der Waals surface area contributed by atoms with Crippen LogP contribution in [0.1, 0.15) is 31.2 Å². The van der Waals surface area contributed by atoms with Crippen molar-refractivity contribution >= 4 is 38.4 Å². The smallest absolute Gasteiger partial charge is 0.242 e. The number of hydrogen-bond acceptors (Lipinski definition) is 3. The Morgan fingerprint density at radius 2 is 1.95 bits per heavy atom. The number of nitrogens with two attached hydrogens (primary N) is 1. The van der Waals surface area contributed by atoms with Gasteiger partial charge in [-0.05, 0) is 53.4 Å². The summed E-state index contributed by atoms with van der Waals surface area (Å²) in [7, 11) is -3.54. The SMILES string of the molecule is Cc1ccc(S(=O)(=O)NC2(CN)CCCC2)c(Br)c1.Cl. The van der Waals surface area contributed by atoms with Gasteiger partial charge in [0.15, 0.2) is 0 Å². The molecule has 3 N–H and O–H groups in total. The molecule has 0 aliphatic heterocycles. The maximum absolute atomic E-state index is 12.5. The Labute approximate surface area is 135 Å². The van der Waals surface area contributed by atoms with Gasteiger partial charge >= 0.3 is 0 Å². The molecule has 1 aliphatic rings. The summed E-state index contributed by atoms with van der Waals surface area (Å²) < 4.78 is 28.4. The van der Waals surface area contributed by atoms with E-state index in [2.05, 4.69) is 20.7 Å². The van der Waals surface area contributed by atoms with Crippen molar-refractivity contribution < 1.29 is 8.42 Å². The van der Waals surface area contributed by atoms with Gasteiger partial charge < -0.3 is 5.73 Å². The van der Waals surface area contributed by atoms with Crippen LogP contribution < -0.4 is 10.5 Å². The number of benzene rings is 1. The quantitative estimate of drug-likeness (QED) is 0.839. The van der Waals surface area contributed by atoms with Crippen LogP contribution in [0.4, 0.5) is 0 Å². The minimum absolute atomic E-state index is 0. The van der Waals surface area contributed by atoms with E-state index in [4.69, 9.17) is 5.73 Å².